The van der Waals surface area contributed by atoms with Crippen molar-refractivity contribution in [2.75, 3.05) is 19.8 Å². The van der Waals surface area contributed by atoms with Crippen molar-refractivity contribution in [2.24, 2.45) is 0 Å². The minimum Gasteiger partial charge on any atom is -0.481 e. The topological polar surface area (TPSA) is 216 Å². The molecule has 2 heterocycles. The number of carbonyl (C=O) groups is 1. The normalized spacial score (nSPS) is 42.2. The standard InChI is InChI=1S/C17H30O13/c18-5-7-10(22)11(23)13(25)17(28-7)30-15-8(6-19)29-16(14(26)12(15)24)27-4-2-1-3-9(20)21/h7-8,10-19,22-26H,1-6H2,(H,20,21)/t7?,8?,10-,11?,12?,13-,14-,15+,16+,17-/m0/s1. The van der Waals surface area contributed by atoms with Crippen molar-refractivity contribution >= 4 is 5.97 Å². The summed E-state index contributed by atoms with van der Waals surface area (Å²) < 4.78 is 21.4. The number of carboxylic acids is 1. The van der Waals surface area contributed by atoms with Gasteiger partial charge in [0.05, 0.1) is 13.2 Å². The number of aliphatic hydroxyl groups is 7. The van der Waals surface area contributed by atoms with Gasteiger partial charge in [0.1, 0.15) is 48.8 Å². The second-order valence-corrected chi connectivity index (χ2v) is 7.23. The average Bonchev–Trinajstić information content (AvgIpc) is 2.72. The number of carboxylic acid groups (broad SMARTS) is 1. The highest BCUT2D eigenvalue weighted by atomic mass is 16.7. The highest BCUT2D eigenvalue weighted by Crippen LogP contribution is 2.29. The average molecular weight is 442 g/mol. The first-order chi connectivity index (χ1) is 14.2. The molecule has 0 aromatic rings. The van der Waals surface area contributed by atoms with Crippen molar-refractivity contribution < 1.29 is 64.6 Å². The summed E-state index contributed by atoms with van der Waals surface area (Å²) in [7, 11) is 0. The molecule has 2 aliphatic rings. The number of unbranched alkanes of at least 4 members (excludes halogenated alkanes) is 1. The first-order valence-corrected chi connectivity index (χ1v) is 9.63. The number of aliphatic hydroxyl groups excluding tert-OH is 7. The van der Waals surface area contributed by atoms with Gasteiger partial charge in [-0.1, -0.05) is 0 Å². The fourth-order valence-electron chi connectivity index (χ4n) is 3.27. The quantitative estimate of drug-likeness (QED) is 0.151. The van der Waals surface area contributed by atoms with Gasteiger partial charge in [-0.2, -0.15) is 0 Å². The van der Waals surface area contributed by atoms with E-state index in [0.29, 0.717) is 12.8 Å². The fraction of sp³-hybridized carbons (Fsp3) is 0.941. The highest BCUT2D eigenvalue weighted by Gasteiger charge is 2.50. The van der Waals surface area contributed by atoms with E-state index < -0.39 is 80.6 Å². The highest BCUT2D eigenvalue weighted by molar-refractivity contribution is 5.66. The van der Waals surface area contributed by atoms with Gasteiger partial charge in [0.2, 0.25) is 0 Å². The molecule has 0 radical (unpaired) electrons. The molecular formula is C17H30O13. The Morgan fingerprint density at radius 1 is 0.767 bits per heavy atom. The molecule has 0 aromatic carbocycles. The summed E-state index contributed by atoms with van der Waals surface area (Å²) in [5.74, 6) is -0.951. The minimum atomic E-state index is -1.74. The van der Waals surface area contributed by atoms with Gasteiger partial charge in [0, 0.05) is 13.0 Å². The first-order valence-electron chi connectivity index (χ1n) is 9.63. The Kier molecular flexibility index (Phi) is 9.77. The summed E-state index contributed by atoms with van der Waals surface area (Å²) >= 11 is 0. The Hall–Kier alpha value is -0.970. The summed E-state index contributed by atoms with van der Waals surface area (Å²) in [4.78, 5) is 10.5. The van der Waals surface area contributed by atoms with Gasteiger partial charge in [-0.25, -0.2) is 0 Å². The van der Waals surface area contributed by atoms with Gasteiger partial charge < -0.3 is 59.8 Å². The van der Waals surface area contributed by atoms with Crippen LogP contribution in [-0.4, -0.2) is 128 Å². The number of aliphatic carboxylic acids is 1. The summed E-state index contributed by atoms with van der Waals surface area (Å²) in [5, 5.41) is 77.8. The molecule has 8 N–H and O–H groups in total. The van der Waals surface area contributed by atoms with Gasteiger partial charge in [-0.3, -0.25) is 4.79 Å². The van der Waals surface area contributed by atoms with E-state index in [1.54, 1.807) is 0 Å². The molecule has 0 aliphatic carbocycles. The van der Waals surface area contributed by atoms with E-state index in [2.05, 4.69) is 0 Å². The van der Waals surface area contributed by atoms with Crippen molar-refractivity contribution in [3.63, 3.8) is 0 Å². The number of rotatable bonds is 10. The first kappa shape index (κ1) is 25.3. The van der Waals surface area contributed by atoms with E-state index in [1.165, 1.54) is 0 Å². The number of hydrogen-bond donors (Lipinski definition) is 8. The molecule has 2 aliphatic heterocycles. The maximum Gasteiger partial charge on any atom is 0.303 e. The second kappa shape index (κ2) is 11.6. The summed E-state index contributed by atoms with van der Waals surface area (Å²) in [6.07, 6.45) is -14.4. The van der Waals surface area contributed by atoms with Crippen molar-refractivity contribution in [1.29, 1.82) is 0 Å². The summed E-state index contributed by atoms with van der Waals surface area (Å²) in [6, 6.07) is 0. The number of ether oxygens (including phenoxy) is 4. The van der Waals surface area contributed by atoms with Crippen LogP contribution in [0.3, 0.4) is 0 Å². The van der Waals surface area contributed by atoms with Crippen LogP contribution in [0.25, 0.3) is 0 Å². The van der Waals surface area contributed by atoms with Gasteiger partial charge in [0.25, 0.3) is 0 Å². The summed E-state index contributed by atoms with van der Waals surface area (Å²) in [5.41, 5.74) is 0. The molecule has 0 saturated carbocycles. The molecule has 30 heavy (non-hydrogen) atoms. The predicted octanol–water partition coefficient (Wildman–Crippen LogP) is -4.12. The van der Waals surface area contributed by atoms with Gasteiger partial charge in [-0.15, -0.1) is 0 Å². The van der Waals surface area contributed by atoms with E-state index in [9.17, 15) is 40.5 Å². The van der Waals surface area contributed by atoms with E-state index in [-0.39, 0.29) is 13.0 Å². The Balaban J connectivity index is 1.96. The molecule has 0 bridgehead atoms. The molecule has 4 unspecified atom stereocenters. The molecule has 0 aromatic heterocycles. The molecule has 0 amide bonds. The van der Waals surface area contributed by atoms with Crippen molar-refractivity contribution in [1.82, 2.24) is 0 Å². The lowest BCUT2D eigenvalue weighted by molar-refractivity contribution is -0.359. The third kappa shape index (κ3) is 6.05. The second-order valence-electron chi connectivity index (χ2n) is 7.23. The van der Waals surface area contributed by atoms with E-state index in [1.807, 2.05) is 0 Å². The molecule has 13 nitrogen and oxygen atoms in total. The Bertz CT molecular complexity index is 530. The van der Waals surface area contributed by atoms with Crippen LogP contribution < -0.4 is 0 Å². The van der Waals surface area contributed by atoms with Crippen LogP contribution in [0.2, 0.25) is 0 Å². The zero-order chi connectivity index (χ0) is 22.4. The van der Waals surface area contributed by atoms with E-state index in [0.717, 1.165) is 0 Å². The summed E-state index contributed by atoms with van der Waals surface area (Å²) in [6.45, 7) is -1.30. The lowest BCUT2D eigenvalue weighted by atomic mass is 9.97. The van der Waals surface area contributed by atoms with Crippen LogP contribution in [0.15, 0.2) is 0 Å². The van der Waals surface area contributed by atoms with Crippen molar-refractivity contribution in [3.8, 4) is 0 Å². The lowest BCUT2D eigenvalue weighted by Gasteiger charge is -2.45. The monoisotopic (exact) mass is 442 g/mol. The van der Waals surface area contributed by atoms with Crippen LogP contribution in [0.4, 0.5) is 0 Å². The smallest absolute Gasteiger partial charge is 0.303 e. The van der Waals surface area contributed by atoms with Crippen LogP contribution >= 0.6 is 0 Å². The van der Waals surface area contributed by atoms with E-state index >= 15 is 0 Å². The zero-order valence-electron chi connectivity index (χ0n) is 16.1. The molecule has 10 atom stereocenters. The third-order valence-corrected chi connectivity index (χ3v) is 5.03. The van der Waals surface area contributed by atoms with Crippen LogP contribution in [-0.2, 0) is 23.7 Å². The molecule has 2 fully saturated rings. The third-order valence-electron chi connectivity index (χ3n) is 5.03. The van der Waals surface area contributed by atoms with Gasteiger partial charge in [-0.05, 0) is 12.8 Å². The zero-order valence-corrected chi connectivity index (χ0v) is 16.1. The minimum absolute atomic E-state index is 0.0398. The predicted molar refractivity (Wildman–Crippen MR) is 93.8 cm³/mol. The Morgan fingerprint density at radius 2 is 1.37 bits per heavy atom. The Labute approximate surface area is 172 Å². The van der Waals surface area contributed by atoms with Crippen LogP contribution in [0.5, 0.6) is 0 Å². The van der Waals surface area contributed by atoms with Crippen molar-refractivity contribution in [2.45, 2.75) is 80.7 Å². The largest absolute Gasteiger partial charge is 0.481 e. The maximum atomic E-state index is 10.5. The fourth-order valence-corrected chi connectivity index (χ4v) is 3.27. The molecule has 176 valence electrons. The van der Waals surface area contributed by atoms with Gasteiger partial charge in [0.15, 0.2) is 12.6 Å². The van der Waals surface area contributed by atoms with Crippen LogP contribution in [0.1, 0.15) is 19.3 Å². The van der Waals surface area contributed by atoms with Crippen molar-refractivity contribution in [3.05, 3.63) is 0 Å². The molecular weight excluding hydrogens is 412 g/mol. The van der Waals surface area contributed by atoms with Crippen LogP contribution in [0, 0.1) is 0 Å². The lowest BCUT2D eigenvalue weighted by Crippen LogP contribution is -2.64. The molecule has 2 rings (SSSR count). The maximum absolute atomic E-state index is 10.5. The SMILES string of the molecule is O=C(O)CCCCO[C@@H]1OC(CO)[C@@H](O[C@@H]2OC(CO)[C@H](O)C(O)[C@@H]2O)C(O)[C@@H]1O. The number of hydrogen-bond acceptors (Lipinski definition) is 12. The molecule has 2 saturated heterocycles. The van der Waals surface area contributed by atoms with Gasteiger partial charge >= 0.3 is 5.97 Å². The molecule has 0 spiro atoms. The van der Waals surface area contributed by atoms with E-state index in [4.69, 9.17) is 24.1 Å². The molecule has 13 heteroatoms. The Morgan fingerprint density at radius 3 is 1.97 bits per heavy atom.